The van der Waals surface area contributed by atoms with E-state index in [0.29, 0.717) is 19.4 Å². The summed E-state index contributed by atoms with van der Waals surface area (Å²) in [6, 6.07) is 17.8. The van der Waals surface area contributed by atoms with Crippen LogP contribution in [0.1, 0.15) is 23.3 Å². The highest BCUT2D eigenvalue weighted by Crippen LogP contribution is 2.20. The van der Waals surface area contributed by atoms with Gasteiger partial charge in [-0.1, -0.05) is 29.8 Å². The van der Waals surface area contributed by atoms with Crippen LogP contribution in [-0.4, -0.2) is 5.91 Å². The van der Waals surface area contributed by atoms with E-state index in [2.05, 4.69) is 0 Å². The average Bonchev–Trinajstić information content (AvgIpc) is 3.13. The van der Waals surface area contributed by atoms with Gasteiger partial charge in [0.2, 0.25) is 5.91 Å². The molecule has 0 aliphatic heterocycles. The fraction of sp³-hybridized carbons (Fsp3) is 0.190. The van der Waals surface area contributed by atoms with Crippen LogP contribution in [0.25, 0.3) is 0 Å². The largest absolute Gasteiger partial charge is 0.467 e. The van der Waals surface area contributed by atoms with Gasteiger partial charge >= 0.3 is 0 Å². The zero-order valence-corrected chi connectivity index (χ0v) is 14.1. The number of aryl methyl sites for hydroxylation is 2. The van der Waals surface area contributed by atoms with Gasteiger partial charge in [-0.15, -0.1) is 0 Å². The van der Waals surface area contributed by atoms with Crippen LogP contribution in [0, 0.1) is 12.7 Å². The predicted octanol–water partition coefficient (Wildman–Crippen LogP) is 4.89. The quantitative estimate of drug-likeness (QED) is 0.641. The Bertz CT molecular complexity index is 808. The number of rotatable bonds is 6. The second-order valence-electron chi connectivity index (χ2n) is 6.02. The van der Waals surface area contributed by atoms with Gasteiger partial charge in [0.1, 0.15) is 11.6 Å². The molecule has 1 heterocycles. The van der Waals surface area contributed by atoms with E-state index in [-0.39, 0.29) is 11.7 Å². The summed E-state index contributed by atoms with van der Waals surface area (Å²) in [7, 11) is 0. The van der Waals surface area contributed by atoms with Gasteiger partial charge < -0.3 is 9.32 Å². The van der Waals surface area contributed by atoms with E-state index in [0.717, 1.165) is 22.6 Å². The highest BCUT2D eigenvalue weighted by molar-refractivity contribution is 5.93. The number of nitrogens with zero attached hydrogens (tertiary/aromatic N) is 1. The van der Waals surface area contributed by atoms with E-state index in [9.17, 15) is 9.18 Å². The lowest BCUT2D eigenvalue weighted by Crippen LogP contribution is -2.30. The van der Waals surface area contributed by atoms with E-state index in [1.807, 2.05) is 43.3 Å². The van der Waals surface area contributed by atoms with Crippen molar-refractivity contribution in [1.29, 1.82) is 0 Å². The van der Waals surface area contributed by atoms with Gasteiger partial charge in [0, 0.05) is 12.1 Å². The Labute approximate surface area is 146 Å². The Morgan fingerprint density at radius 2 is 1.76 bits per heavy atom. The average molecular weight is 337 g/mol. The maximum absolute atomic E-state index is 13.0. The first-order valence-corrected chi connectivity index (χ1v) is 8.26. The molecular weight excluding hydrogens is 317 g/mol. The molecule has 0 radical (unpaired) electrons. The summed E-state index contributed by atoms with van der Waals surface area (Å²) in [4.78, 5) is 14.5. The molecule has 1 aromatic heterocycles. The van der Waals surface area contributed by atoms with Crippen molar-refractivity contribution in [3.05, 3.63) is 89.6 Å². The third-order valence-electron chi connectivity index (χ3n) is 4.08. The minimum atomic E-state index is -0.269. The molecule has 1 amide bonds. The summed E-state index contributed by atoms with van der Waals surface area (Å²) in [6.07, 6.45) is 2.52. The summed E-state index contributed by atoms with van der Waals surface area (Å²) in [6.45, 7) is 2.40. The highest BCUT2D eigenvalue weighted by atomic mass is 19.1. The van der Waals surface area contributed by atoms with E-state index in [4.69, 9.17) is 4.42 Å². The van der Waals surface area contributed by atoms with Gasteiger partial charge in [0.05, 0.1) is 12.8 Å². The monoisotopic (exact) mass is 337 g/mol. The zero-order chi connectivity index (χ0) is 17.6. The van der Waals surface area contributed by atoms with Crippen LogP contribution in [0.3, 0.4) is 0 Å². The summed E-state index contributed by atoms with van der Waals surface area (Å²) in [5, 5.41) is 0. The van der Waals surface area contributed by atoms with E-state index >= 15 is 0 Å². The van der Waals surface area contributed by atoms with Crippen LogP contribution in [0.15, 0.2) is 71.3 Å². The van der Waals surface area contributed by atoms with Crippen molar-refractivity contribution in [3.8, 4) is 0 Å². The predicted molar refractivity (Wildman–Crippen MR) is 95.8 cm³/mol. The van der Waals surface area contributed by atoms with Crippen molar-refractivity contribution in [2.24, 2.45) is 0 Å². The molecule has 3 nitrogen and oxygen atoms in total. The van der Waals surface area contributed by atoms with Crippen LogP contribution in [0.4, 0.5) is 10.1 Å². The van der Waals surface area contributed by atoms with Crippen LogP contribution in [0.5, 0.6) is 0 Å². The lowest BCUT2D eigenvalue weighted by molar-refractivity contribution is -0.118. The first kappa shape index (κ1) is 17.0. The van der Waals surface area contributed by atoms with Crippen molar-refractivity contribution in [3.63, 3.8) is 0 Å². The molecule has 0 fully saturated rings. The minimum Gasteiger partial charge on any atom is -0.467 e. The van der Waals surface area contributed by atoms with Crippen molar-refractivity contribution in [2.75, 3.05) is 4.90 Å². The number of amides is 1. The summed E-state index contributed by atoms with van der Waals surface area (Å²) < 4.78 is 18.4. The summed E-state index contributed by atoms with van der Waals surface area (Å²) in [5.74, 6) is 0.467. The zero-order valence-electron chi connectivity index (χ0n) is 14.1. The molecule has 0 bridgehead atoms. The number of furan rings is 1. The number of anilines is 1. The van der Waals surface area contributed by atoms with Gasteiger partial charge in [-0.3, -0.25) is 4.79 Å². The summed E-state index contributed by atoms with van der Waals surface area (Å²) in [5.41, 5.74) is 2.92. The molecule has 0 aliphatic carbocycles. The fourth-order valence-electron chi connectivity index (χ4n) is 2.64. The smallest absolute Gasteiger partial charge is 0.227 e. The van der Waals surface area contributed by atoms with Gasteiger partial charge in [-0.2, -0.15) is 0 Å². The van der Waals surface area contributed by atoms with Crippen LogP contribution < -0.4 is 4.90 Å². The highest BCUT2D eigenvalue weighted by Gasteiger charge is 2.17. The number of carbonyl (C=O) groups is 1. The summed E-state index contributed by atoms with van der Waals surface area (Å²) >= 11 is 0. The van der Waals surface area contributed by atoms with Gasteiger partial charge in [-0.25, -0.2) is 4.39 Å². The van der Waals surface area contributed by atoms with E-state index in [1.165, 1.54) is 12.1 Å². The topological polar surface area (TPSA) is 33.5 Å². The molecule has 0 aliphatic rings. The fourth-order valence-corrected chi connectivity index (χ4v) is 2.64. The molecule has 0 atom stereocenters. The first-order valence-electron chi connectivity index (χ1n) is 8.26. The van der Waals surface area contributed by atoms with E-state index in [1.54, 1.807) is 23.3 Å². The molecule has 25 heavy (non-hydrogen) atoms. The lowest BCUT2D eigenvalue weighted by atomic mass is 10.1. The second kappa shape index (κ2) is 7.79. The Kier molecular flexibility index (Phi) is 5.29. The maximum atomic E-state index is 13.0. The van der Waals surface area contributed by atoms with Crippen LogP contribution in [-0.2, 0) is 17.8 Å². The van der Waals surface area contributed by atoms with Gasteiger partial charge in [0.25, 0.3) is 0 Å². The molecule has 0 saturated carbocycles. The number of carbonyl (C=O) groups excluding carboxylic acids is 1. The lowest BCUT2D eigenvalue weighted by Gasteiger charge is -2.22. The molecule has 0 N–H and O–H groups in total. The Morgan fingerprint density at radius 1 is 1.04 bits per heavy atom. The Hall–Kier alpha value is -2.88. The van der Waals surface area contributed by atoms with Crippen LogP contribution >= 0.6 is 0 Å². The number of hydrogen-bond acceptors (Lipinski definition) is 2. The van der Waals surface area contributed by atoms with Crippen LogP contribution in [0.2, 0.25) is 0 Å². The van der Waals surface area contributed by atoms with Crippen molar-refractivity contribution >= 4 is 11.6 Å². The van der Waals surface area contributed by atoms with Gasteiger partial charge in [-0.05, 0) is 55.3 Å². The van der Waals surface area contributed by atoms with Crippen molar-refractivity contribution in [2.45, 2.75) is 26.3 Å². The Balaban J connectivity index is 1.74. The van der Waals surface area contributed by atoms with E-state index < -0.39 is 0 Å². The molecule has 4 heteroatoms. The maximum Gasteiger partial charge on any atom is 0.227 e. The number of hydrogen-bond donors (Lipinski definition) is 0. The second-order valence-corrected chi connectivity index (χ2v) is 6.02. The van der Waals surface area contributed by atoms with Gasteiger partial charge in [0.15, 0.2) is 0 Å². The third-order valence-corrected chi connectivity index (χ3v) is 4.08. The third kappa shape index (κ3) is 4.57. The normalized spacial score (nSPS) is 10.6. The molecule has 128 valence electrons. The molecule has 0 saturated heterocycles. The number of benzene rings is 2. The standard InChI is InChI=1S/C21H20FNO2/c1-16-4-11-19(12-5-16)23(15-20-3-2-14-25-20)21(24)13-8-17-6-9-18(22)10-7-17/h2-7,9-12,14H,8,13,15H2,1H3. The molecule has 3 aromatic rings. The molecule has 3 rings (SSSR count). The first-order chi connectivity index (χ1) is 12.1. The Morgan fingerprint density at radius 3 is 2.40 bits per heavy atom. The molecule has 0 spiro atoms. The van der Waals surface area contributed by atoms with Crippen molar-refractivity contribution in [1.82, 2.24) is 0 Å². The molecule has 0 unspecified atom stereocenters. The molecule has 2 aromatic carbocycles. The molecular formula is C21H20FNO2. The SMILES string of the molecule is Cc1ccc(N(Cc2ccco2)C(=O)CCc2ccc(F)cc2)cc1. The van der Waals surface area contributed by atoms with Crippen molar-refractivity contribution < 1.29 is 13.6 Å². The minimum absolute atomic E-state index is 0.00424. The number of halogens is 1.